The lowest BCUT2D eigenvalue weighted by atomic mass is 10.2. The first-order chi connectivity index (χ1) is 5.15. The van der Waals surface area contributed by atoms with Crippen LogP contribution in [0.3, 0.4) is 0 Å². The Morgan fingerprint density at radius 3 is 2.36 bits per heavy atom. The molecule has 11 heavy (non-hydrogen) atoms. The summed E-state index contributed by atoms with van der Waals surface area (Å²) in [5.74, 6) is 0.386. The van der Waals surface area contributed by atoms with Gasteiger partial charge in [0.25, 0.3) is 0 Å². The molecule has 0 saturated heterocycles. The van der Waals surface area contributed by atoms with Gasteiger partial charge in [-0.1, -0.05) is 39.1 Å². The lowest BCUT2D eigenvalue weighted by molar-refractivity contribution is 1.37. The normalized spacial score (nSPS) is 10.2. The molecule has 1 rings (SSSR count). The molecule has 0 radical (unpaired) electrons. The molecule has 0 heterocycles. The summed E-state index contributed by atoms with van der Waals surface area (Å²) < 4.78 is 0.852. The van der Waals surface area contributed by atoms with E-state index in [2.05, 4.69) is 15.9 Å². The zero-order valence-electron chi connectivity index (χ0n) is 5.37. The Balaban J connectivity index is 3.25. The standard InChI is InChI=1S/C7H4BrCl3/c8-6-1-4(10)2-7(11)5(6)3-9/h1-2H,3H2. The molecule has 0 nitrogen and oxygen atoms in total. The van der Waals surface area contributed by atoms with Gasteiger partial charge in [-0.3, -0.25) is 0 Å². The quantitative estimate of drug-likeness (QED) is 0.662. The molecular weight excluding hydrogens is 270 g/mol. The fourth-order valence-electron chi connectivity index (χ4n) is 0.700. The number of halogens is 4. The summed E-state index contributed by atoms with van der Waals surface area (Å²) in [5, 5.41) is 1.20. The molecule has 1 aromatic carbocycles. The first-order valence-electron chi connectivity index (χ1n) is 2.84. The molecule has 0 fully saturated rings. The van der Waals surface area contributed by atoms with Crippen LogP contribution in [-0.4, -0.2) is 0 Å². The van der Waals surface area contributed by atoms with E-state index < -0.39 is 0 Å². The van der Waals surface area contributed by atoms with Crippen molar-refractivity contribution in [2.75, 3.05) is 0 Å². The molecular formula is C7H4BrCl3. The third-order valence-electron chi connectivity index (χ3n) is 1.24. The zero-order valence-corrected chi connectivity index (χ0v) is 9.23. The van der Waals surface area contributed by atoms with Crippen molar-refractivity contribution >= 4 is 50.7 Å². The van der Waals surface area contributed by atoms with Gasteiger partial charge in [0.15, 0.2) is 0 Å². The van der Waals surface area contributed by atoms with Gasteiger partial charge in [-0.15, -0.1) is 11.6 Å². The zero-order chi connectivity index (χ0) is 8.43. The molecule has 0 aromatic heterocycles. The topological polar surface area (TPSA) is 0 Å². The summed E-state index contributed by atoms with van der Waals surface area (Å²) >= 11 is 20.5. The van der Waals surface area contributed by atoms with Crippen LogP contribution in [-0.2, 0) is 5.88 Å². The van der Waals surface area contributed by atoms with Gasteiger partial charge in [0.2, 0.25) is 0 Å². The molecule has 0 unspecified atom stereocenters. The highest BCUT2D eigenvalue weighted by molar-refractivity contribution is 9.10. The van der Waals surface area contributed by atoms with Gasteiger partial charge in [0.1, 0.15) is 0 Å². The lowest BCUT2D eigenvalue weighted by Gasteiger charge is -2.02. The second-order valence-electron chi connectivity index (χ2n) is 1.98. The smallest absolute Gasteiger partial charge is 0.0500 e. The van der Waals surface area contributed by atoms with Gasteiger partial charge in [-0.2, -0.15) is 0 Å². The summed E-state index contributed by atoms with van der Waals surface area (Å²) in [6, 6.07) is 3.44. The van der Waals surface area contributed by atoms with E-state index in [1.807, 2.05) is 0 Å². The second-order valence-corrected chi connectivity index (χ2v) is 3.95. The van der Waals surface area contributed by atoms with Crippen molar-refractivity contribution in [1.82, 2.24) is 0 Å². The fourth-order valence-corrected chi connectivity index (χ4v) is 2.62. The van der Waals surface area contributed by atoms with Gasteiger partial charge in [-0.05, 0) is 17.7 Å². The van der Waals surface area contributed by atoms with E-state index in [4.69, 9.17) is 34.8 Å². The van der Waals surface area contributed by atoms with Crippen LogP contribution in [0.4, 0.5) is 0 Å². The van der Waals surface area contributed by atoms with Crippen molar-refractivity contribution in [3.05, 3.63) is 32.2 Å². The van der Waals surface area contributed by atoms with E-state index >= 15 is 0 Å². The minimum atomic E-state index is 0.386. The van der Waals surface area contributed by atoms with Crippen molar-refractivity contribution in [3.63, 3.8) is 0 Å². The Hall–Kier alpha value is 0.570. The van der Waals surface area contributed by atoms with E-state index in [0.717, 1.165) is 10.0 Å². The monoisotopic (exact) mass is 272 g/mol. The van der Waals surface area contributed by atoms with Gasteiger partial charge in [0, 0.05) is 20.4 Å². The molecule has 4 heteroatoms. The molecule has 0 aliphatic rings. The van der Waals surface area contributed by atoms with Crippen LogP contribution in [0.15, 0.2) is 16.6 Å². The Labute approximate surface area is 88.6 Å². The first kappa shape index (κ1) is 9.66. The van der Waals surface area contributed by atoms with Crippen LogP contribution >= 0.6 is 50.7 Å². The Kier molecular flexibility index (Phi) is 3.51. The summed E-state index contributed by atoms with van der Waals surface area (Å²) in [6.45, 7) is 0. The summed E-state index contributed by atoms with van der Waals surface area (Å²) in [7, 11) is 0. The van der Waals surface area contributed by atoms with Crippen molar-refractivity contribution in [1.29, 1.82) is 0 Å². The van der Waals surface area contributed by atoms with Crippen LogP contribution in [0.2, 0.25) is 10.0 Å². The maximum Gasteiger partial charge on any atom is 0.0500 e. The summed E-state index contributed by atoms with van der Waals surface area (Å²) in [4.78, 5) is 0. The van der Waals surface area contributed by atoms with E-state index in [1.54, 1.807) is 12.1 Å². The largest absolute Gasteiger partial charge is 0.121 e. The van der Waals surface area contributed by atoms with E-state index in [9.17, 15) is 0 Å². The van der Waals surface area contributed by atoms with Crippen LogP contribution in [0.1, 0.15) is 5.56 Å². The van der Waals surface area contributed by atoms with Gasteiger partial charge in [-0.25, -0.2) is 0 Å². The number of rotatable bonds is 1. The predicted molar refractivity (Wildman–Crippen MR) is 53.7 cm³/mol. The first-order valence-corrected chi connectivity index (χ1v) is 4.93. The van der Waals surface area contributed by atoms with E-state index in [1.165, 1.54) is 0 Å². The van der Waals surface area contributed by atoms with Crippen molar-refractivity contribution in [2.24, 2.45) is 0 Å². The number of alkyl halides is 1. The lowest BCUT2D eigenvalue weighted by Crippen LogP contribution is -1.82. The number of hydrogen-bond donors (Lipinski definition) is 0. The van der Waals surface area contributed by atoms with Crippen molar-refractivity contribution < 1.29 is 0 Å². The molecule has 0 aliphatic carbocycles. The average molecular weight is 274 g/mol. The maximum absolute atomic E-state index is 5.84. The van der Waals surface area contributed by atoms with Gasteiger partial charge < -0.3 is 0 Å². The number of hydrogen-bond acceptors (Lipinski definition) is 0. The Bertz CT molecular complexity index is 249. The van der Waals surface area contributed by atoms with Crippen LogP contribution in [0, 0.1) is 0 Å². The van der Waals surface area contributed by atoms with Crippen molar-refractivity contribution in [3.8, 4) is 0 Å². The Morgan fingerprint density at radius 2 is 1.91 bits per heavy atom. The molecule has 0 N–H and O–H groups in total. The molecule has 0 spiro atoms. The van der Waals surface area contributed by atoms with Crippen LogP contribution < -0.4 is 0 Å². The van der Waals surface area contributed by atoms with E-state index in [0.29, 0.717) is 15.9 Å². The SMILES string of the molecule is ClCc1c(Cl)cc(Cl)cc1Br. The second kappa shape index (κ2) is 3.99. The molecule has 0 amide bonds. The highest BCUT2D eigenvalue weighted by Gasteiger charge is 2.04. The molecule has 0 bridgehead atoms. The average Bonchev–Trinajstić information content (AvgIpc) is 1.85. The molecule has 0 saturated carbocycles. The van der Waals surface area contributed by atoms with E-state index in [-0.39, 0.29) is 0 Å². The predicted octanol–water partition coefficient (Wildman–Crippen LogP) is 4.49. The summed E-state index contributed by atoms with van der Waals surface area (Å²) in [6.07, 6.45) is 0. The minimum Gasteiger partial charge on any atom is -0.121 e. The third kappa shape index (κ3) is 2.25. The third-order valence-corrected chi connectivity index (χ3v) is 2.77. The van der Waals surface area contributed by atoms with Crippen LogP contribution in [0.25, 0.3) is 0 Å². The Morgan fingerprint density at radius 1 is 1.27 bits per heavy atom. The van der Waals surface area contributed by atoms with Gasteiger partial charge >= 0.3 is 0 Å². The molecule has 0 aliphatic heterocycles. The molecule has 0 atom stereocenters. The van der Waals surface area contributed by atoms with Gasteiger partial charge in [0.05, 0.1) is 0 Å². The highest BCUT2D eigenvalue weighted by Crippen LogP contribution is 2.30. The van der Waals surface area contributed by atoms with Crippen molar-refractivity contribution in [2.45, 2.75) is 5.88 Å². The minimum absolute atomic E-state index is 0.386. The fraction of sp³-hybridized carbons (Fsp3) is 0.143. The highest BCUT2D eigenvalue weighted by atomic mass is 79.9. The molecule has 1 aromatic rings. The maximum atomic E-state index is 5.84. The molecule has 60 valence electrons. The number of benzene rings is 1. The summed E-state index contributed by atoms with van der Waals surface area (Å²) in [5.41, 5.74) is 0.873. The van der Waals surface area contributed by atoms with Crippen LogP contribution in [0.5, 0.6) is 0 Å².